The molecule has 206 valence electrons. The van der Waals surface area contributed by atoms with Crippen LogP contribution in [0, 0.1) is 0 Å². The summed E-state index contributed by atoms with van der Waals surface area (Å²) >= 11 is 1.68. The third-order valence-corrected chi connectivity index (χ3v) is 7.35. The first-order chi connectivity index (χ1) is 18.4. The largest absolute Gasteiger partial charge is 0.497 e. The van der Waals surface area contributed by atoms with Crippen LogP contribution >= 0.6 is 11.8 Å². The van der Waals surface area contributed by atoms with E-state index in [0.29, 0.717) is 17.7 Å². The van der Waals surface area contributed by atoms with Gasteiger partial charge in [-0.25, -0.2) is 0 Å². The molecule has 0 aliphatic heterocycles. The highest BCUT2D eigenvalue weighted by Crippen LogP contribution is 2.43. The van der Waals surface area contributed by atoms with Crippen molar-refractivity contribution in [3.63, 3.8) is 0 Å². The van der Waals surface area contributed by atoms with Gasteiger partial charge in [-0.05, 0) is 49.2 Å². The first-order valence-corrected chi connectivity index (χ1v) is 13.4. The second kappa shape index (κ2) is 11.3. The summed E-state index contributed by atoms with van der Waals surface area (Å²) in [6.45, 7) is 8.39. The van der Waals surface area contributed by atoms with E-state index in [4.69, 9.17) is 9.47 Å². The van der Waals surface area contributed by atoms with E-state index in [1.165, 1.54) is 6.07 Å². The number of methoxy groups -OCH3 is 1. The van der Waals surface area contributed by atoms with Gasteiger partial charge in [-0.15, -0.1) is 11.8 Å². The Hall–Kier alpha value is -3.46. The van der Waals surface area contributed by atoms with Crippen molar-refractivity contribution in [3.05, 3.63) is 77.6 Å². The summed E-state index contributed by atoms with van der Waals surface area (Å²) in [5, 5.41) is 0.974. The van der Waals surface area contributed by atoms with Gasteiger partial charge in [-0.3, -0.25) is 9.78 Å². The number of aromatic amines is 1. The van der Waals surface area contributed by atoms with Crippen molar-refractivity contribution in [2.24, 2.45) is 0 Å². The Morgan fingerprint density at radius 1 is 1.05 bits per heavy atom. The van der Waals surface area contributed by atoms with E-state index >= 15 is 0 Å². The van der Waals surface area contributed by atoms with Gasteiger partial charge in [0.25, 0.3) is 0 Å². The fraction of sp³-hybridized carbons (Fsp3) is 0.333. The van der Waals surface area contributed by atoms with Crippen LogP contribution in [0.5, 0.6) is 5.75 Å². The lowest BCUT2D eigenvalue weighted by atomic mass is 9.95. The second-order valence-electron chi connectivity index (χ2n) is 10.1. The minimum atomic E-state index is -4.44. The van der Waals surface area contributed by atoms with Crippen LogP contribution in [0.15, 0.2) is 65.7 Å². The molecule has 0 saturated carbocycles. The van der Waals surface area contributed by atoms with E-state index in [2.05, 4.69) is 30.7 Å². The third kappa shape index (κ3) is 6.76. The summed E-state index contributed by atoms with van der Waals surface area (Å²) in [5.74, 6) is -0.201. The average molecular weight is 557 g/mol. The summed E-state index contributed by atoms with van der Waals surface area (Å²) in [4.78, 5) is 21.7. The summed E-state index contributed by atoms with van der Waals surface area (Å²) in [5.41, 5.74) is 2.89. The number of ether oxygens (including phenoxy) is 2. The van der Waals surface area contributed by atoms with Crippen LogP contribution in [0.25, 0.3) is 22.2 Å². The standard InChI is InChI=1S/C30H31F3N2O3S/c1-6-38-28(36)23(26-27(39-29(2,3)4)22-16-21(37-5)12-14-25(22)35-26)15-18-7-9-19(10-8-18)24-13-11-20(17-34-24)30(31,32)33/h7-14,16-17,23,35H,6,15H2,1-5H3. The number of carbonyl (C=O) groups excluding carboxylic acids is 1. The van der Waals surface area contributed by atoms with Crippen molar-refractivity contribution < 1.29 is 27.4 Å². The number of aromatic nitrogens is 2. The van der Waals surface area contributed by atoms with Crippen LogP contribution in [0.2, 0.25) is 0 Å². The van der Waals surface area contributed by atoms with E-state index in [1.54, 1.807) is 37.9 Å². The number of thioether (sulfide) groups is 1. The monoisotopic (exact) mass is 556 g/mol. The molecule has 4 rings (SSSR count). The highest BCUT2D eigenvalue weighted by atomic mass is 32.2. The van der Waals surface area contributed by atoms with Gasteiger partial charge in [-0.1, -0.05) is 45.0 Å². The first-order valence-electron chi connectivity index (χ1n) is 12.6. The molecule has 0 saturated heterocycles. The molecule has 0 aliphatic carbocycles. The molecule has 0 spiro atoms. The lowest BCUT2D eigenvalue weighted by Crippen LogP contribution is -2.20. The van der Waals surface area contributed by atoms with Gasteiger partial charge in [0.15, 0.2) is 0 Å². The molecule has 2 heterocycles. The van der Waals surface area contributed by atoms with Crippen LogP contribution in [0.1, 0.15) is 50.4 Å². The summed E-state index contributed by atoms with van der Waals surface area (Å²) < 4.78 is 49.5. The smallest absolute Gasteiger partial charge is 0.417 e. The van der Waals surface area contributed by atoms with Crippen molar-refractivity contribution in [3.8, 4) is 17.0 Å². The SMILES string of the molecule is CCOC(=O)C(Cc1ccc(-c2ccc(C(F)(F)F)cn2)cc1)c1[nH]c2ccc(OC)cc2c1SC(C)(C)C. The first kappa shape index (κ1) is 28.5. The number of nitrogens with zero attached hydrogens (tertiary/aromatic N) is 1. The minimum Gasteiger partial charge on any atom is -0.497 e. The molecule has 0 fully saturated rings. The second-order valence-corrected chi connectivity index (χ2v) is 12.0. The molecule has 5 nitrogen and oxygen atoms in total. The molecule has 0 amide bonds. The Balaban J connectivity index is 1.70. The Morgan fingerprint density at radius 2 is 1.77 bits per heavy atom. The Morgan fingerprint density at radius 3 is 2.33 bits per heavy atom. The molecule has 2 aromatic carbocycles. The number of hydrogen-bond acceptors (Lipinski definition) is 5. The van der Waals surface area contributed by atoms with Gasteiger partial charge >= 0.3 is 12.1 Å². The van der Waals surface area contributed by atoms with E-state index in [1.807, 2.05) is 30.3 Å². The molecule has 1 N–H and O–H groups in total. The average Bonchev–Trinajstić information content (AvgIpc) is 3.23. The van der Waals surface area contributed by atoms with Gasteiger partial charge in [0.2, 0.25) is 0 Å². The van der Waals surface area contributed by atoms with Gasteiger partial charge in [-0.2, -0.15) is 13.2 Å². The highest BCUT2D eigenvalue weighted by Gasteiger charge is 2.32. The van der Waals surface area contributed by atoms with E-state index in [9.17, 15) is 18.0 Å². The molecule has 0 aliphatic rings. The highest BCUT2D eigenvalue weighted by molar-refractivity contribution is 8.00. The fourth-order valence-electron chi connectivity index (χ4n) is 4.28. The number of fused-ring (bicyclic) bond motifs is 1. The lowest BCUT2D eigenvalue weighted by Gasteiger charge is -2.21. The molecule has 0 bridgehead atoms. The molecule has 1 unspecified atom stereocenters. The molecule has 1 atom stereocenters. The minimum absolute atomic E-state index is 0.123. The van der Waals surface area contributed by atoms with E-state index in [0.717, 1.165) is 45.1 Å². The van der Waals surface area contributed by atoms with Crippen LogP contribution in [0.4, 0.5) is 13.2 Å². The van der Waals surface area contributed by atoms with Crippen molar-refractivity contribution in [1.29, 1.82) is 0 Å². The van der Waals surface area contributed by atoms with Crippen molar-refractivity contribution >= 4 is 28.6 Å². The number of rotatable bonds is 8. The summed E-state index contributed by atoms with van der Waals surface area (Å²) in [6.07, 6.45) is -3.23. The molecule has 4 aromatic rings. The predicted octanol–water partition coefficient (Wildman–Crippen LogP) is 8.04. The summed E-state index contributed by atoms with van der Waals surface area (Å²) in [7, 11) is 1.62. The zero-order valence-electron chi connectivity index (χ0n) is 22.5. The van der Waals surface area contributed by atoms with E-state index in [-0.39, 0.29) is 17.3 Å². The Labute approximate surface area is 230 Å². The Bertz CT molecular complexity index is 1440. The quantitative estimate of drug-likeness (QED) is 0.176. The number of H-pyrrole nitrogens is 1. The molecular formula is C30H31F3N2O3S. The van der Waals surface area contributed by atoms with Crippen LogP contribution < -0.4 is 4.74 Å². The van der Waals surface area contributed by atoms with Gasteiger partial charge < -0.3 is 14.5 Å². The third-order valence-electron chi connectivity index (χ3n) is 6.09. The maximum absolute atomic E-state index is 13.3. The maximum atomic E-state index is 13.3. The van der Waals surface area contributed by atoms with Crippen molar-refractivity contribution in [1.82, 2.24) is 9.97 Å². The Kier molecular flexibility index (Phi) is 8.30. The molecule has 2 aromatic heterocycles. The normalized spacial score (nSPS) is 12.9. The van der Waals surface area contributed by atoms with Crippen LogP contribution in [-0.4, -0.2) is 34.4 Å². The van der Waals surface area contributed by atoms with Crippen LogP contribution in [-0.2, 0) is 22.1 Å². The number of nitrogens with one attached hydrogen (secondary N) is 1. The zero-order valence-corrected chi connectivity index (χ0v) is 23.3. The molecule has 9 heteroatoms. The number of carbonyl (C=O) groups is 1. The van der Waals surface area contributed by atoms with Gasteiger partial charge in [0.1, 0.15) is 11.7 Å². The molecule has 0 radical (unpaired) electrons. The maximum Gasteiger partial charge on any atom is 0.417 e. The zero-order chi connectivity index (χ0) is 28.4. The lowest BCUT2D eigenvalue weighted by molar-refractivity contribution is -0.145. The fourth-order valence-corrected chi connectivity index (χ4v) is 5.48. The molecular weight excluding hydrogens is 525 g/mol. The number of alkyl halides is 3. The van der Waals surface area contributed by atoms with Crippen molar-refractivity contribution in [2.75, 3.05) is 13.7 Å². The van der Waals surface area contributed by atoms with Gasteiger partial charge in [0, 0.05) is 38.0 Å². The summed E-state index contributed by atoms with van der Waals surface area (Å²) in [6, 6.07) is 15.5. The van der Waals surface area contributed by atoms with E-state index < -0.39 is 17.7 Å². The van der Waals surface area contributed by atoms with Gasteiger partial charge in [0.05, 0.1) is 25.0 Å². The number of esters is 1. The predicted molar refractivity (Wildman–Crippen MR) is 148 cm³/mol. The topological polar surface area (TPSA) is 64.2 Å². The van der Waals surface area contributed by atoms with Crippen LogP contribution in [0.3, 0.4) is 0 Å². The number of halogens is 3. The molecule has 39 heavy (non-hydrogen) atoms. The number of benzene rings is 2. The number of hydrogen-bond donors (Lipinski definition) is 1. The van der Waals surface area contributed by atoms with Crippen molar-refractivity contribution in [2.45, 2.75) is 55.9 Å². The number of pyridine rings is 1.